The van der Waals surface area contributed by atoms with E-state index in [4.69, 9.17) is 29.0 Å². The lowest BCUT2D eigenvalue weighted by molar-refractivity contribution is 0.0941. The predicted molar refractivity (Wildman–Crippen MR) is 219 cm³/mol. The normalized spacial score (nSPS) is 15.0. The van der Waals surface area contributed by atoms with Gasteiger partial charge < -0.3 is 28.8 Å². The van der Waals surface area contributed by atoms with E-state index in [1.54, 1.807) is 6.92 Å². The number of halogens is 1. The van der Waals surface area contributed by atoms with Crippen LogP contribution in [0.4, 0.5) is 11.8 Å². The van der Waals surface area contributed by atoms with Crippen molar-refractivity contribution < 1.29 is 19.0 Å². The first-order valence-electron chi connectivity index (χ1n) is 18.5. The summed E-state index contributed by atoms with van der Waals surface area (Å²) in [4.78, 5) is 14.4. The standard InChI is InChI=1S/C38H53BrN8O4Si2/c1-27(48)36-43-44-38(51-36)45-17-15-29(16-18-45)34-33(39)37(46(25-49-19-21-52(2,3)4)26-50-20-22-53(5,6)7)47-35(42-34)31(24-41-47)30-13-14-32(40-23-30)28-11-9-8-10-12-28/h8-14,23-24,27,29,48H,15-22,25-26H2,1-7H3/t27-/m1/s1. The summed E-state index contributed by atoms with van der Waals surface area (Å²) < 4.78 is 21.3. The minimum Gasteiger partial charge on any atom is -0.405 e. The summed E-state index contributed by atoms with van der Waals surface area (Å²) in [6.45, 7) is 19.3. The fourth-order valence-corrected chi connectivity index (χ4v) is 8.53. The molecule has 5 heterocycles. The molecule has 0 amide bonds. The second-order valence-corrected chi connectivity index (χ2v) is 28.4. The van der Waals surface area contributed by atoms with Crippen molar-refractivity contribution in [2.24, 2.45) is 0 Å². The van der Waals surface area contributed by atoms with Gasteiger partial charge in [0.15, 0.2) is 11.5 Å². The lowest BCUT2D eigenvalue weighted by atomic mass is 9.93. The van der Waals surface area contributed by atoms with E-state index in [1.807, 2.05) is 35.1 Å². The van der Waals surface area contributed by atoms with Crippen LogP contribution in [0.1, 0.15) is 43.4 Å². The van der Waals surface area contributed by atoms with E-state index < -0.39 is 22.3 Å². The van der Waals surface area contributed by atoms with Crippen molar-refractivity contribution in [1.82, 2.24) is 29.8 Å². The van der Waals surface area contributed by atoms with Crippen LogP contribution < -0.4 is 9.80 Å². The van der Waals surface area contributed by atoms with Crippen LogP contribution in [0.3, 0.4) is 0 Å². The van der Waals surface area contributed by atoms with Gasteiger partial charge in [0.25, 0.3) is 0 Å². The van der Waals surface area contributed by atoms with Crippen molar-refractivity contribution in [3.8, 4) is 22.4 Å². The topological polar surface area (TPSA) is 127 Å². The molecule has 6 rings (SSSR count). The van der Waals surface area contributed by atoms with Crippen LogP contribution in [0.25, 0.3) is 28.0 Å². The average molecular weight is 822 g/mol. The number of nitrogens with zero attached hydrogens (tertiary/aromatic N) is 8. The first-order valence-corrected chi connectivity index (χ1v) is 26.7. The van der Waals surface area contributed by atoms with Gasteiger partial charge in [-0.05, 0) is 53.8 Å². The molecular weight excluding hydrogens is 769 g/mol. The summed E-state index contributed by atoms with van der Waals surface area (Å²) in [7, 11) is -2.57. The van der Waals surface area contributed by atoms with Crippen LogP contribution >= 0.6 is 15.9 Å². The zero-order valence-corrected chi connectivity index (χ0v) is 35.6. The van der Waals surface area contributed by atoms with Crippen LogP contribution in [-0.2, 0) is 9.47 Å². The summed E-state index contributed by atoms with van der Waals surface area (Å²) >= 11 is 4.04. The smallest absolute Gasteiger partial charge is 0.318 e. The number of fused-ring (bicyclic) bond motifs is 1. The highest BCUT2D eigenvalue weighted by Crippen LogP contribution is 2.40. The molecule has 1 aliphatic heterocycles. The third kappa shape index (κ3) is 9.99. The van der Waals surface area contributed by atoms with Gasteiger partial charge in [-0.15, -0.1) is 5.10 Å². The maximum atomic E-state index is 9.92. The van der Waals surface area contributed by atoms with Gasteiger partial charge in [0.05, 0.1) is 22.1 Å². The number of hydrogen-bond donors (Lipinski definition) is 1. The van der Waals surface area contributed by atoms with Gasteiger partial charge in [-0.2, -0.15) is 9.61 Å². The van der Waals surface area contributed by atoms with Crippen LogP contribution in [0.15, 0.2) is 63.7 Å². The third-order valence-electron chi connectivity index (χ3n) is 9.46. The quantitative estimate of drug-likeness (QED) is 0.0585. The van der Waals surface area contributed by atoms with Crippen molar-refractivity contribution in [3.63, 3.8) is 0 Å². The zero-order valence-electron chi connectivity index (χ0n) is 32.0. The Hall–Kier alpha value is -3.48. The number of piperidine rings is 1. The number of aliphatic hydroxyl groups is 1. The Morgan fingerprint density at radius 3 is 2.13 bits per heavy atom. The zero-order chi connectivity index (χ0) is 37.8. The Labute approximate surface area is 323 Å². The molecule has 1 fully saturated rings. The molecule has 0 spiro atoms. The van der Waals surface area contributed by atoms with Crippen molar-refractivity contribution in [2.45, 2.75) is 83.2 Å². The van der Waals surface area contributed by atoms with Crippen molar-refractivity contribution in [1.29, 1.82) is 0 Å². The first-order chi connectivity index (χ1) is 25.3. The summed E-state index contributed by atoms with van der Waals surface area (Å²) in [5.41, 5.74) is 5.54. The van der Waals surface area contributed by atoms with Crippen LogP contribution in [0, 0.1) is 0 Å². The number of hydrogen-bond acceptors (Lipinski definition) is 11. The van der Waals surface area contributed by atoms with Gasteiger partial charge in [0, 0.05) is 71.3 Å². The number of benzene rings is 1. The molecule has 5 aromatic rings. The molecule has 1 atom stereocenters. The van der Waals surface area contributed by atoms with Crippen LogP contribution in [0.2, 0.25) is 51.4 Å². The van der Waals surface area contributed by atoms with Gasteiger partial charge in [-0.1, -0.05) is 80.8 Å². The lowest BCUT2D eigenvalue weighted by Crippen LogP contribution is -2.35. The third-order valence-corrected chi connectivity index (χ3v) is 13.6. The maximum absolute atomic E-state index is 9.92. The average Bonchev–Trinajstić information content (AvgIpc) is 3.79. The van der Waals surface area contributed by atoms with Crippen LogP contribution in [-0.4, -0.2) is 90.8 Å². The number of aliphatic hydroxyl groups excluding tert-OH is 1. The van der Waals surface area contributed by atoms with Crippen molar-refractivity contribution in [3.05, 3.63) is 70.9 Å². The Kier molecular flexibility index (Phi) is 12.5. The molecule has 4 aromatic heterocycles. The number of ether oxygens (including phenoxy) is 2. The molecule has 1 aliphatic rings. The van der Waals surface area contributed by atoms with Gasteiger partial charge in [-0.25, -0.2) is 4.98 Å². The van der Waals surface area contributed by atoms with E-state index in [0.29, 0.717) is 45.8 Å². The Bertz CT molecular complexity index is 1910. The highest BCUT2D eigenvalue weighted by Gasteiger charge is 2.31. The molecule has 53 heavy (non-hydrogen) atoms. The molecule has 12 nitrogen and oxygen atoms in total. The van der Waals surface area contributed by atoms with E-state index in [9.17, 15) is 5.11 Å². The van der Waals surface area contributed by atoms with E-state index in [2.05, 4.69) is 99.5 Å². The van der Waals surface area contributed by atoms with E-state index in [0.717, 1.165) is 68.9 Å². The fourth-order valence-electron chi connectivity index (χ4n) is 6.19. The number of pyridine rings is 1. The molecule has 15 heteroatoms. The maximum Gasteiger partial charge on any atom is 0.318 e. The molecular formula is C38H53BrN8O4Si2. The molecule has 0 bridgehead atoms. The molecule has 0 aliphatic carbocycles. The predicted octanol–water partition coefficient (Wildman–Crippen LogP) is 8.47. The molecule has 0 radical (unpaired) electrons. The number of rotatable bonds is 16. The van der Waals surface area contributed by atoms with Gasteiger partial charge in [-0.3, -0.25) is 4.98 Å². The second kappa shape index (κ2) is 16.9. The van der Waals surface area contributed by atoms with Gasteiger partial charge in [0.1, 0.15) is 19.6 Å². The Morgan fingerprint density at radius 2 is 1.57 bits per heavy atom. The lowest BCUT2D eigenvalue weighted by Gasteiger charge is -2.32. The van der Waals surface area contributed by atoms with E-state index in [-0.39, 0.29) is 11.8 Å². The molecule has 0 saturated carbocycles. The van der Waals surface area contributed by atoms with Crippen molar-refractivity contribution in [2.75, 3.05) is 49.6 Å². The Balaban J connectivity index is 1.36. The van der Waals surface area contributed by atoms with Gasteiger partial charge >= 0.3 is 6.01 Å². The largest absolute Gasteiger partial charge is 0.405 e. The van der Waals surface area contributed by atoms with Crippen molar-refractivity contribution >= 4 is 49.6 Å². The molecule has 1 aromatic carbocycles. The highest BCUT2D eigenvalue weighted by atomic mass is 79.9. The summed E-state index contributed by atoms with van der Waals surface area (Å²) in [5.74, 6) is 1.22. The summed E-state index contributed by atoms with van der Waals surface area (Å²) in [5, 5.41) is 23.1. The molecule has 284 valence electrons. The van der Waals surface area contributed by atoms with Crippen LogP contribution in [0.5, 0.6) is 0 Å². The van der Waals surface area contributed by atoms with Gasteiger partial charge in [0.2, 0.25) is 5.89 Å². The summed E-state index contributed by atoms with van der Waals surface area (Å²) in [6, 6.07) is 16.9. The summed E-state index contributed by atoms with van der Waals surface area (Å²) in [6.07, 6.45) is 4.63. The first kappa shape index (κ1) is 39.2. The highest BCUT2D eigenvalue weighted by molar-refractivity contribution is 9.10. The molecule has 1 N–H and O–H groups in total. The SMILES string of the molecule is C[C@@H](O)c1nnc(N2CCC(c3nc4c(-c5ccc(-c6ccccc6)nc5)cnn4c(N(COCC[Si](C)(C)C)COCC[Si](C)(C)C)c3Br)CC2)o1. The second-order valence-electron chi connectivity index (χ2n) is 16.3. The minimum absolute atomic E-state index is 0.146. The van der Waals surface area contributed by atoms with E-state index in [1.165, 1.54) is 0 Å². The molecule has 0 unspecified atom stereocenters. The number of aromatic nitrogens is 6. The monoisotopic (exact) mass is 820 g/mol. The minimum atomic E-state index is -1.29. The molecule has 1 saturated heterocycles. The fraction of sp³-hybridized carbons (Fsp3) is 0.500. The number of anilines is 2. The Morgan fingerprint density at radius 1 is 0.906 bits per heavy atom. The van der Waals surface area contributed by atoms with E-state index >= 15 is 0 Å².